The highest BCUT2D eigenvalue weighted by atomic mass is 16.7. The number of cyclic esters (lactones) is 1. The molecule has 0 aliphatic carbocycles. The molecule has 0 bridgehead atoms. The third-order valence-electron chi connectivity index (χ3n) is 14.3. The van der Waals surface area contributed by atoms with E-state index in [4.69, 9.17) is 33.2 Å². The van der Waals surface area contributed by atoms with Crippen molar-refractivity contribution >= 4 is 5.97 Å². The van der Waals surface area contributed by atoms with Gasteiger partial charge in [-0.05, 0) is 99.1 Å². The van der Waals surface area contributed by atoms with Gasteiger partial charge >= 0.3 is 5.97 Å². The first kappa shape index (κ1) is 50.6. The Morgan fingerprint density at radius 1 is 0.983 bits per heavy atom. The zero-order chi connectivity index (χ0) is 44.2. The Labute approximate surface area is 354 Å². The van der Waals surface area contributed by atoms with Gasteiger partial charge in [-0.15, -0.1) is 0 Å². The number of aliphatic hydroxyl groups excluding tert-OH is 2. The summed E-state index contributed by atoms with van der Waals surface area (Å²) in [7, 11) is 5.43. The average molecular weight is 846 g/mol. The lowest BCUT2D eigenvalue weighted by Gasteiger charge is -2.54. The highest BCUT2D eigenvalue weighted by Crippen LogP contribution is 2.44. The molecule has 0 aromatic rings. The van der Waals surface area contributed by atoms with E-state index in [1.807, 2.05) is 53.6 Å². The number of nitrogens with zero attached hydrogens (tertiary/aromatic N) is 1. The summed E-state index contributed by atoms with van der Waals surface area (Å²) < 4.78 is 44.9. The first-order chi connectivity index (χ1) is 27.4. The van der Waals surface area contributed by atoms with Gasteiger partial charge in [-0.3, -0.25) is 4.79 Å². The van der Waals surface area contributed by atoms with Crippen LogP contribution in [-0.4, -0.2) is 169 Å². The summed E-state index contributed by atoms with van der Waals surface area (Å²) in [6.45, 7) is 22.7. The Morgan fingerprint density at radius 3 is 2.25 bits per heavy atom. The zero-order valence-electron chi connectivity index (χ0n) is 38.7. The van der Waals surface area contributed by atoms with E-state index in [1.165, 1.54) is 6.92 Å². The van der Waals surface area contributed by atoms with Gasteiger partial charge in [0, 0.05) is 57.8 Å². The van der Waals surface area contributed by atoms with Crippen LogP contribution in [0.1, 0.15) is 115 Å². The summed E-state index contributed by atoms with van der Waals surface area (Å²) in [5, 5.41) is 54.2. The van der Waals surface area contributed by atoms with Crippen molar-refractivity contribution in [1.82, 2.24) is 15.5 Å². The van der Waals surface area contributed by atoms with Crippen molar-refractivity contribution in [3.63, 3.8) is 0 Å². The number of carbonyl (C=O) groups excluding carboxylic acids is 1. The van der Waals surface area contributed by atoms with Crippen molar-refractivity contribution in [3.05, 3.63) is 0 Å². The summed E-state index contributed by atoms with van der Waals surface area (Å²) in [4.78, 5) is 16.4. The molecule has 4 fully saturated rings. The fourth-order valence-corrected chi connectivity index (χ4v) is 10.3. The highest BCUT2D eigenvalue weighted by Gasteiger charge is 2.58. The lowest BCUT2D eigenvalue weighted by atomic mass is 9.72. The van der Waals surface area contributed by atoms with Crippen LogP contribution in [-0.2, 0) is 38.0 Å². The second-order valence-corrected chi connectivity index (χ2v) is 19.9. The fraction of sp³-hybridized carbons (Fsp3) is 0.977. The summed E-state index contributed by atoms with van der Waals surface area (Å²) >= 11 is 0. The number of aliphatic hydroxyl groups is 4. The van der Waals surface area contributed by atoms with Gasteiger partial charge in [0.15, 0.2) is 12.6 Å². The minimum absolute atomic E-state index is 0.0632. The van der Waals surface area contributed by atoms with Crippen LogP contribution in [0, 0.1) is 23.2 Å². The van der Waals surface area contributed by atoms with E-state index in [2.05, 4.69) is 31.4 Å². The van der Waals surface area contributed by atoms with E-state index in [0.29, 0.717) is 25.9 Å². The molecule has 18 atom stereocenters. The monoisotopic (exact) mass is 846 g/mol. The van der Waals surface area contributed by atoms with E-state index in [-0.39, 0.29) is 49.6 Å². The maximum atomic E-state index is 14.5. The predicted molar refractivity (Wildman–Crippen MR) is 223 cm³/mol. The smallest absolute Gasteiger partial charge is 0.311 e. The quantitative estimate of drug-likeness (QED) is 0.167. The van der Waals surface area contributed by atoms with Crippen LogP contribution >= 0.6 is 0 Å². The normalized spacial score (nSPS) is 47.0. The predicted octanol–water partition coefficient (Wildman–Crippen LogP) is 2.97. The fourth-order valence-electron chi connectivity index (χ4n) is 10.3. The van der Waals surface area contributed by atoms with Gasteiger partial charge in [0.2, 0.25) is 0 Å². The Bertz CT molecular complexity index is 1320. The molecule has 346 valence electrons. The van der Waals surface area contributed by atoms with E-state index in [1.54, 1.807) is 21.0 Å². The van der Waals surface area contributed by atoms with Crippen LogP contribution < -0.4 is 10.6 Å². The number of hydrogen-bond donors (Lipinski definition) is 6. The number of nitrogens with one attached hydrogen (secondary N) is 2. The highest BCUT2D eigenvalue weighted by molar-refractivity contribution is 5.73. The molecule has 1 unspecified atom stereocenters. The molecule has 0 aromatic carbocycles. The minimum Gasteiger partial charge on any atom is -0.459 e. The van der Waals surface area contributed by atoms with Crippen molar-refractivity contribution in [1.29, 1.82) is 0 Å². The Balaban J connectivity index is 1.75. The minimum atomic E-state index is -1.75. The number of hydrogen-bond acceptors (Lipinski definition) is 15. The third-order valence-corrected chi connectivity index (χ3v) is 14.3. The van der Waals surface area contributed by atoms with Crippen LogP contribution in [0.2, 0.25) is 0 Å². The first-order valence-corrected chi connectivity index (χ1v) is 22.3. The van der Waals surface area contributed by atoms with Gasteiger partial charge in [-0.25, -0.2) is 0 Å². The average Bonchev–Trinajstić information content (AvgIpc) is 3.69. The third kappa shape index (κ3) is 11.6. The van der Waals surface area contributed by atoms with Crippen LogP contribution in [0.3, 0.4) is 0 Å². The SMILES string of the molecule is CC[C@H]1OC(=O)[C@H](C)[C@H](O[C@@H]2C[C@](C)(OC)[C@@](O)(CNCC3CCCO3)[C@H](C)O2)[C@H](C)[C@@H](O[C@@H]2O[C@H](C)C[C@H](N(C)C)[C@H]2O)C(C)(C)C[C@@H](C)NC[C@H](C)[C@@H](O)[C@]1(C)O. The van der Waals surface area contributed by atoms with E-state index < -0.39 is 89.2 Å². The van der Waals surface area contributed by atoms with Crippen molar-refractivity contribution < 1.29 is 58.4 Å². The van der Waals surface area contributed by atoms with Crippen LogP contribution in [0.25, 0.3) is 0 Å². The molecule has 0 saturated carbocycles. The van der Waals surface area contributed by atoms with Gasteiger partial charge in [0.1, 0.15) is 29.0 Å². The molecule has 0 amide bonds. The molecule has 15 nitrogen and oxygen atoms in total. The Hall–Kier alpha value is -1.05. The Kier molecular flexibility index (Phi) is 17.7. The molecular formula is C44H83N3O12. The summed E-state index contributed by atoms with van der Waals surface area (Å²) in [5.41, 5.74) is -4.93. The van der Waals surface area contributed by atoms with Gasteiger partial charge in [0.05, 0.1) is 42.5 Å². The second kappa shape index (κ2) is 20.6. The van der Waals surface area contributed by atoms with Gasteiger partial charge < -0.3 is 69.1 Å². The molecule has 6 N–H and O–H groups in total. The van der Waals surface area contributed by atoms with E-state index in [9.17, 15) is 25.2 Å². The molecule has 4 rings (SSSR count). The van der Waals surface area contributed by atoms with Crippen LogP contribution in [0.15, 0.2) is 0 Å². The molecular weight excluding hydrogens is 762 g/mol. The molecule has 59 heavy (non-hydrogen) atoms. The summed E-state index contributed by atoms with van der Waals surface area (Å²) in [6, 6.07) is -0.271. The van der Waals surface area contributed by atoms with E-state index >= 15 is 0 Å². The van der Waals surface area contributed by atoms with Crippen molar-refractivity contribution in [2.75, 3.05) is 47.4 Å². The summed E-state index contributed by atoms with van der Waals surface area (Å²) in [5.74, 6) is -2.47. The van der Waals surface area contributed by atoms with Crippen molar-refractivity contribution in [2.24, 2.45) is 23.2 Å². The molecule has 0 aromatic heterocycles. The molecule has 4 aliphatic heterocycles. The number of carbonyl (C=O) groups is 1. The van der Waals surface area contributed by atoms with Crippen LogP contribution in [0.5, 0.6) is 0 Å². The van der Waals surface area contributed by atoms with Crippen LogP contribution in [0.4, 0.5) is 0 Å². The van der Waals surface area contributed by atoms with E-state index in [0.717, 1.165) is 19.4 Å². The topological polar surface area (TPSA) is 190 Å². The zero-order valence-corrected chi connectivity index (χ0v) is 38.7. The van der Waals surface area contributed by atoms with Crippen molar-refractivity contribution in [2.45, 2.75) is 205 Å². The lowest BCUT2D eigenvalue weighted by molar-refractivity contribution is -0.334. The number of rotatable bonds is 11. The first-order valence-electron chi connectivity index (χ1n) is 22.3. The maximum absolute atomic E-state index is 14.5. The maximum Gasteiger partial charge on any atom is 0.311 e. The Morgan fingerprint density at radius 2 is 1.66 bits per heavy atom. The number of ether oxygens (including phenoxy) is 7. The standard InChI is InChI=1S/C44H83N3O12/c1-15-33-43(11,51)37(49)25(2)22-46-26(3)20-41(8,9)38(59-40-35(48)32(47(12)13)19-27(4)55-40)28(5)36(29(6)39(50)57-33)58-34-21-42(10,53-14)44(52,30(7)56-34)24-45-23-31-17-16-18-54-31/h25-38,40,45-46,48-49,51-52H,15-24H2,1-14H3/t25-,26+,27+,28-,29+,30-,31?,32-,33+,34+,35+,36+,37+,38+,40-,42-,43+,44+/m0/s1. The molecule has 4 aliphatic rings. The number of likely N-dealkylation sites (N-methyl/N-ethyl adjacent to an activating group) is 1. The van der Waals surface area contributed by atoms with Gasteiger partial charge in [0.25, 0.3) is 0 Å². The summed E-state index contributed by atoms with van der Waals surface area (Å²) in [6.07, 6.45) is -3.88. The number of methoxy groups -OCH3 is 1. The van der Waals surface area contributed by atoms with Gasteiger partial charge in [-0.1, -0.05) is 34.6 Å². The van der Waals surface area contributed by atoms with Crippen molar-refractivity contribution in [3.8, 4) is 0 Å². The largest absolute Gasteiger partial charge is 0.459 e. The van der Waals surface area contributed by atoms with Gasteiger partial charge in [-0.2, -0.15) is 0 Å². The lowest BCUT2D eigenvalue weighted by Crippen LogP contribution is -2.70. The molecule has 0 spiro atoms. The molecule has 15 heteroatoms. The number of esters is 1. The molecule has 4 heterocycles. The molecule has 0 radical (unpaired) electrons. The second-order valence-electron chi connectivity index (χ2n) is 19.9. The molecule has 4 saturated heterocycles.